The minimum absolute atomic E-state index is 0.422. The molecule has 0 N–H and O–H groups in total. The van der Waals surface area contributed by atoms with E-state index in [0.29, 0.717) is 11.8 Å². The predicted molar refractivity (Wildman–Crippen MR) is 96.3 cm³/mol. The minimum atomic E-state index is 0.422. The maximum absolute atomic E-state index is 6.07. The zero-order chi connectivity index (χ0) is 16.7. The molecular formula is C19H19BrN3O. The van der Waals surface area contributed by atoms with E-state index in [2.05, 4.69) is 48.9 Å². The summed E-state index contributed by atoms with van der Waals surface area (Å²) in [6.45, 7) is 4.09. The van der Waals surface area contributed by atoms with Gasteiger partial charge in [-0.15, -0.1) is 10.2 Å². The van der Waals surface area contributed by atoms with Crippen molar-refractivity contribution in [3.63, 3.8) is 0 Å². The Morgan fingerprint density at radius 2 is 2.00 bits per heavy atom. The summed E-state index contributed by atoms with van der Waals surface area (Å²) in [6, 6.07) is 11.6. The normalized spacial score (nSPS) is 15.3. The number of rotatable bonds is 3. The molecule has 1 aromatic carbocycles. The summed E-state index contributed by atoms with van der Waals surface area (Å²) in [5.74, 6) is 1.78. The first-order chi connectivity index (χ1) is 11.6. The number of halogens is 1. The number of benzene rings is 1. The predicted octanol–water partition coefficient (Wildman–Crippen LogP) is 5.36. The fourth-order valence-electron chi connectivity index (χ4n) is 3.58. The summed E-state index contributed by atoms with van der Waals surface area (Å²) >= 11 is 3.55. The standard InChI is InChI=1S/C19H19BrN3O/c1-12-10-13(2)23(16-9-5-8-15(20)11-16)17(12)19-22-21-18(24-19)14-6-3-4-7-14/h5,8-9,11,14H,3-4,6-7H2,1-2H3. The van der Waals surface area contributed by atoms with Crippen molar-refractivity contribution in [1.82, 2.24) is 14.8 Å². The lowest BCUT2D eigenvalue weighted by Gasteiger charge is -2.10. The molecule has 2 aromatic heterocycles. The fraction of sp³-hybridized carbons (Fsp3) is 0.368. The Morgan fingerprint density at radius 1 is 1.21 bits per heavy atom. The van der Waals surface area contributed by atoms with Gasteiger partial charge in [0.2, 0.25) is 5.89 Å². The Morgan fingerprint density at radius 3 is 2.75 bits per heavy atom. The molecule has 3 aromatic rings. The molecule has 4 rings (SSSR count). The summed E-state index contributed by atoms with van der Waals surface area (Å²) in [7, 11) is 0. The van der Waals surface area contributed by atoms with Crippen LogP contribution in [0.5, 0.6) is 0 Å². The van der Waals surface area contributed by atoms with Crippen LogP contribution in [0.1, 0.15) is 48.7 Å². The van der Waals surface area contributed by atoms with Crippen LogP contribution in [-0.2, 0) is 0 Å². The topological polar surface area (TPSA) is 43.9 Å². The number of nitrogens with zero attached hydrogens (tertiary/aromatic N) is 3. The first-order valence-corrected chi connectivity index (χ1v) is 9.13. The van der Waals surface area contributed by atoms with Crippen LogP contribution >= 0.6 is 15.9 Å². The molecule has 1 saturated carbocycles. The average Bonchev–Trinajstić information content (AvgIpc) is 3.26. The van der Waals surface area contributed by atoms with Crippen molar-refractivity contribution in [2.45, 2.75) is 45.4 Å². The molecule has 0 atom stereocenters. The molecule has 1 radical (unpaired) electrons. The molecule has 123 valence electrons. The van der Waals surface area contributed by atoms with Gasteiger partial charge in [0, 0.05) is 27.8 Å². The molecule has 1 fully saturated rings. The van der Waals surface area contributed by atoms with Crippen LogP contribution in [0.25, 0.3) is 17.3 Å². The Kier molecular flexibility index (Phi) is 4.04. The third-order valence-electron chi connectivity index (χ3n) is 4.70. The van der Waals surface area contributed by atoms with Crippen molar-refractivity contribution in [3.8, 4) is 17.3 Å². The van der Waals surface area contributed by atoms with Gasteiger partial charge in [-0.05, 0) is 50.5 Å². The highest BCUT2D eigenvalue weighted by molar-refractivity contribution is 9.10. The van der Waals surface area contributed by atoms with Gasteiger partial charge in [-0.3, -0.25) is 0 Å². The molecular weight excluding hydrogens is 366 g/mol. The number of aromatic nitrogens is 3. The van der Waals surface area contributed by atoms with E-state index >= 15 is 0 Å². The Bertz CT molecular complexity index is 875. The lowest BCUT2D eigenvalue weighted by Crippen LogP contribution is -1.99. The molecule has 0 bridgehead atoms. The summed E-state index contributed by atoms with van der Waals surface area (Å²) in [5.41, 5.74) is 4.04. The second-order valence-corrected chi connectivity index (χ2v) is 7.34. The van der Waals surface area contributed by atoms with E-state index in [-0.39, 0.29) is 0 Å². The summed E-state index contributed by atoms with van der Waals surface area (Å²) < 4.78 is 9.23. The van der Waals surface area contributed by atoms with Crippen LogP contribution in [-0.4, -0.2) is 14.8 Å². The largest absolute Gasteiger partial charge is 0.419 e. The maximum atomic E-state index is 6.07. The monoisotopic (exact) mass is 384 g/mol. The first-order valence-electron chi connectivity index (χ1n) is 8.34. The molecule has 0 spiro atoms. The van der Waals surface area contributed by atoms with Crippen molar-refractivity contribution in [2.75, 3.05) is 0 Å². The first kappa shape index (κ1) is 15.6. The Balaban J connectivity index is 1.81. The summed E-state index contributed by atoms with van der Waals surface area (Å²) in [5, 5.41) is 8.67. The lowest BCUT2D eigenvalue weighted by atomic mass is 10.1. The van der Waals surface area contributed by atoms with Gasteiger partial charge in [0.15, 0.2) is 0 Å². The zero-order valence-electron chi connectivity index (χ0n) is 13.8. The molecule has 0 amide bonds. The van der Waals surface area contributed by atoms with Gasteiger partial charge in [0.25, 0.3) is 5.89 Å². The van der Waals surface area contributed by atoms with Crippen molar-refractivity contribution in [3.05, 3.63) is 52.0 Å². The van der Waals surface area contributed by atoms with Gasteiger partial charge in [-0.2, -0.15) is 0 Å². The number of hydrogen-bond acceptors (Lipinski definition) is 3. The van der Waals surface area contributed by atoms with Crippen LogP contribution in [0.4, 0.5) is 0 Å². The molecule has 0 saturated heterocycles. The van der Waals surface area contributed by atoms with Crippen molar-refractivity contribution in [1.29, 1.82) is 0 Å². The SMILES string of the molecule is Cc1[c]c(C)n(-c2cccc(Br)c2)c1-c1nnc(C2CCCC2)o1. The second kappa shape index (κ2) is 6.20. The van der Waals surface area contributed by atoms with Crippen molar-refractivity contribution >= 4 is 15.9 Å². The summed E-state index contributed by atoms with van der Waals surface area (Å²) in [4.78, 5) is 0. The van der Waals surface area contributed by atoms with Crippen LogP contribution < -0.4 is 0 Å². The number of aryl methyl sites for hydroxylation is 2. The number of hydrogen-bond donors (Lipinski definition) is 0. The Labute approximate surface area is 150 Å². The lowest BCUT2D eigenvalue weighted by molar-refractivity contribution is 0.455. The van der Waals surface area contributed by atoms with E-state index in [1.54, 1.807) is 0 Å². The van der Waals surface area contributed by atoms with Crippen LogP contribution in [0, 0.1) is 19.9 Å². The van der Waals surface area contributed by atoms with Gasteiger partial charge in [0.05, 0.1) is 0 Å². The van der Waals surface area contributed by atoms with Crippen LogP contribution in [0.3, 0.4) is 0 Å². The quantitative estimate of drug-likeness (QED) is 0.609. The molecule has 24 heavy (non-hydrogen) atoms. The van der Waals surface area contributed by atoms with E-state index in [9.17, 15) is 0 Å². The highest BCUT2D eigenvalue weighted by Crippen LogP contribution is 2.36. The van der Waals surface area contributed by atoms with Gasteiger partial charge in [-0.25, -0.2) is 0 Å². The smallest absolute Gasteiger partial charge is 0.264 e. The Hall–Kier alpha value is -1.88. The molecule has 0 aliphatic heterocycles. The van der Waals surface area contributed by atoms with E-state index in [1.165, 1.54) is 12.8 Å². The van der Waals surface area contributed by atoms with Crippen molar-refractivity contribution in [2.24, 2.45) is 0 Å². The van der Waals surface area contributed by atoms with E-state index < -0.39 is 0 Å². The second-order valence-electron chi connectivity index (χ2n) is 6.43. The van der Waals surface area contributed by atoms with Crippen LogP contribution in [0.15, 0.2) is 33.2 Å². The fourth-order valence-corrected chi connectivity index (χ4v) is 3.97. The van der Waals surface area contributed by atoms with E-state index in [0.717, 1.165) is 45.8 Å². The molecule has 1 aliphatic rings. The van der Waals surface area contributed by atoms with Gasteiger partial charge in [0.1, 0.15) is 5.69 Å². The maximum Gasteiger partial charge on any atom is 0.264 e. The zero-order valence-corrected chi connectivity index (χ0v) is 15.4. The molecule has 2 heterocycles. The third kappa shape index (κ3) is 2.71. The van der Waals surface area contributed by atoms with Crippen LogP contribution in [0.2, 0.25) is 0 Å². The molecule has 0 unspecified atom stereocenters. The minimum Gasteiger partial charge on any atom is -0.419 e. The highest BCUT2D eigenvalue weighted by atomic mass is 79.9. The molecule has 1 aliphatic carbocycles. The average molecular weight is 385 g/mol. The summed E-state index contributed by atoms with van der Waals surface area (Å²) in [6.07, 6.45) is 4.81. The third-order valence-corrected chi connectivity index (χ3v) is 5.19. The van der Waals surface area contributed by atoms with E-state index in [1.807, 2.05) is 26.0 Å². The van der Waals surface area contributed by atoms with Crippen molar-refractivity contribution < 1.29 is 4.42 Å². The van der Waals surface area contributed by atoms with Gasteiger partial charge >= 0.3 is 0 Å². The van der Waals surface area contributed by atoms with Gasteiger partial charge in [-0.1, -0.05) is 34.8 Å². The molecule has 5 heteroatoms. The highest BCUT2D eigenvalue weighted by Gasteiger charge is 2.25. The van der Waals surface area contributed by atoms with E-state index in [4.69, 9.17) is 4.42 Å². The molecule has 4 nitrogen and oxygen atoms in total. The van der Waals surface area contributed by atoms with Gasteiger partial charge < -0.3 is 8.98 Å².